The van der Waals surface area contributed by atoms with Gasteiger partial charge in [0.15, 0.2) is 0 Å². The van der Waals surface area contributed by atoms with Gasteiger partial charge in [0.1, 0.15) is 0 Å². The Kier molecular flexibility index (Phi) is 5.81. The summed E-state index contributed by atoms with van der Waals surface area (Å²) in [6, 6.07) is 0.225. The van der Waals surface area contributed by atoms with E-state index in [-0.39, 0.29) is 23.6 Å². The molecule has 4 nitrogen and oxygen atoms in total. The molecule has 0 radical (unpaired) electrons. The molecule has 1 heterocycles. The van der Waals surface area contributed by atoms with Gasteiger partial charge in [-0.3, -0.25) is 9.69 Å². The Bertz CT molecular complexity index is 303. The lowest BCUT2D eigenvalue weighted by molar-refractivity contribution is -0.128. The van der Waals surface area contributed by atoms with Gasteiger partial charge in [0.25, 0.3) is 0 Å². The maximum Gasteiger partial charge on any atom is 0.237 e. The zero-order valence-electron chi connectivity index (χ0n) is 13.1. The van der Waals surface area contributed by atoms with E-state index in [2.05, 4.69) is 31.0 Å². The van der Waals surface area contributed by atoms with Crippen molar-refractivity contribution < 1.29 is 9.90 Å². The van der Waals surface area contributed by atoms with E-state index < -0.39 is 0 Å². The average Bonchev–Trinajstić information content (AvgIpc) is 2.74. The molecule has 0 aliphatic carbocycles. The normalized spacial score (nSPS) is 24.2. The minimum absolute atomic E-state index is 0.101. The lowest BCUT2D eigenvalue weighted by Gasteiger charge is -2.33. The van der Waals surface area contributed by atoms with Gasteiger partial charge in [-0.2, -0.15) is 0 Å². The van der Waals surface area contributed by atoms with Crippen molar-refractivity contribution in [3.8, 4) is 0 Å². The van der Waals surface area contributed by atoms with Crippen molar-refractivity contribution in [3.63, 3.8) is 0 Å². The Balaban J connectivity index is 2.60. The van der Waals surface area contributed by atoms with Crippen LogP contribution in [0.2, 0.25) is 0 Å². The van der Waals surface area contributed by atoms with Gasteiger partial charge >= 0.3 is 0 Å². The molecule has 19 heavy (non-hydrogen) atoms. The summed E-state index contributed by atoms with van der Waals surface area (Å²) in [5, 5.41) is 12.7. The van der Waals surface area contributed by atoms with E-state index in [1.54, 1.807) is 0 Å². The van der Waals surface area contributed by atoms with Gasteiger partial charge in [-0.15, -0.1) is 0 Å². The van der Waals surface area contributed by atoms with Gasteiger partial charge in [-0.1, -0.05) is 6.92 Å². The first kappa shape index (κ1) is 16.4. The fraction of sp³-hybridized carbons (Fsp3) is 0.933. The summed E-state index contributed by atoms with van der Waals surface area (Å²) in [4.78, 5) is 14.6. The second-order valence-electron chi connectivity index (χ2n) is 6.52. The maximum absolute atomic E-state index is 12.3. The molecule has 0 saturated carbocycles. The number of carbonyl (C=O) groups is 1. The number of rotatable bonds is 6. The van der Waals surface area contributed by atoms with Crippen LogP contribution in [0.15, 0.2) is 0 Å². The maximum atomic E-state index is 12.3. The molecular formula is C15H30N2O2. The van der Waals surface area contributed by atoms with Crippen LogP contribution >= 0.6 is 0 Å². The number of amides is 1. The van der Waals surface area contributed by atoms with Crippen molar-refractivity contribution in [1.82, 2.24) is 10.2 Å². The summed E-state index contributed by atoms with van der Waals surface area (Å²) in [7, 11) is 0. The van der Waals surface area contributed by atoms with Crippen molar-refractivity contribution in [2.24, 2.45) is 0 Å². The number of hydrogen-bond donors (Lipinski definition) is 2. The van der Waals surface area contributed by atoms with Gasteiger partial charge in [-0.05, 0) is 59.9 Å². The van der Waals surface area contributed by atoms with Crippen molar-refractivity contribution in [1.29, 1.82) is 0 Å². The molecule has 112 valence electrons. The van der Waals surface area contributed by atoms with Crippen LogP contribution in [0.4, 0.5) is 0 Å². The lowest BCUT2D eigenvalue weighted by atomic mass is 10.0. The third kappa shape index (κ3) is 4.77. The van der Waals surface area contributed by atoms with E-state index in [1.165, 1.54) is 0 Å². The van der Waals surface area contributed by atoms with Crippen molar-refractivity contribution in [2.45, 2.75) is 84.0 Å². The molecule has 1 aliphatic heterocycles. The van der Waals surface area contributed by atoms with Crippen molar-refractivity contribution >= 4 is 5.91 Å². The molecule has 1 amide bonds. The second-order valence-corrected chi connectivity index (χ2v) is 6.52. The van der Waals surface area contributed by atoms with Crippen LogP contribution in [0.5, 0.6) is 0 Å². The third-order valence-electron chi connectivity index (χ3n) is 4.26. The first-order valence-corrected chi connectivity index (χ1v) is 7.52. The van der Waals surface area contributed by atoms with E-state index in [4.69, 9.17) is 0 Å². The molecule has 0 bridgehead atoms. The first-order chi connectivity index (χ1) is 8.76. The van der Waals surface area contributed by atoms with Crippen molar-refractivity contribution in [3.05, 3.63) is 0 Å². The molecule has 0 aromatic heterocycles. The lowest BCUT2D eigenvalue weighted by Crippen LogP contribution is -2.53. The zero-order chi connectivity index (χ0) is 14.6. The topological polar surface area (TPSA) is 52.6 Å². The number of nitrogens with zero attached hydrogens (tertiary/aromatic N) is 1. The highest BCUT2D eigenvalue weighted by Crippen LogP contribution is 2.24. The Morgan fingerprint density at radius 3 is 2.63 bits per heavy atom. The number of likely N-dealkylation sites (tertiary alicyclic amines) is 1. The second kappa shape index (κ2) is 6.71. The molecule has 0 aromatic carbocycles. The summed E-state index contributed by atoms with van der Waals surface area (Å²) < 4.78 is 0. The van der Waals surface area contributed by atoms with Gasteiger partial charge in [0, 0.05) is 11.6 Å². The fourth-order valence-electron chi connectivity index (χ4n) is 2.69. The van der Waals surface area contributed by atoms with Crippen LogP contribution in [0.1, 0.15) is 60.3 Å². The predicted molar refractivity (Wildman–Crippen MR) is 78.0 cm³/mol. The van der Waals surface area contributed by atoms with Gasteiger partial charge in [0.2, 0.25) is 5.91 Å². The van der Waals surface area contributed by atoms with Gasteiger partial charge in [-0.25, -0.2) is 0 Å². The van der Waals surface area contributed by atoms with Crippen LogP contribution in [-0.4, -0.2) is 46.2 Å². The molecule has 3 unspecified atom stereocenters. The van der Waals surface area contributed by atoms with E-state index in [1.807, 2.05) is 13.8 Å². The molecule has 4 heteroatoms. The van der Waals surface area contributed by atoms with Crippen LogP contribution in [0.25, 0.3) is 0 Å². The fourth-order valence-corrected chi connectivity index (χ4v) is 2.69. The minimum Gasteiger partial charge on any atom is -0.393 e. The summed E-state index contributed by atoms with van der Waals surface area (Å²) in [6.07, 6.45) is 3.58. The summed E-state index contributed by atoms with van der Waals surface area (Å²) >= 11 is 0. The van der Waals surface area contributed by atoms with E-state index in [0.29, 0.717) is 6.04 Å². The van der Waals surface area contributed by atoms with E-state index >= 15 is 0 Å². The molecule has 1 saturated heterocycles. The third-order valence-corrected chi connectivity index (χ3v) is 4.26. The quantitative estimate of drug-likeness (QED) is 0.775. The molecule has 1 aliphatic rings. The monoisotopic (exact) mass is 270 g/mol. The molecule has 0 aromatic rings. The number of aliphatic hydroxyl groups excluding tert-OH is 1. The molecule has 1 fully saturated rings. The highest BCUT2D eigenvalue weighted by Gasteiger charge is 2.33. The average molecular weight is 270 g/mol. The zero-order valence-corrected chi connectivity index (χ0v) is 13.1. The molecular weight excluding hydrogens is 240 g/mol. The first-order valence-electron chi connectivity index (χ1n) is 7.52. The molecule has 2 N–H and O–H groups in total. The SMILES string of the molecule is CCC(C)(C)NC(=O)C(C)N1CCCC1CC(C)O. The Labute approximate surface area is 117 Å². The molecule has 1 rings (SSSR count). The Hall–Kier alpha value is -0.610. The largest absolute Gasteiger partial charge is 0.393 e. The summed E-state index contributed by atoms with van der Waals surface area (Å²) in [5.74, 6) is 0.101. The van der Waals surface area contributed by atoms with E-state index in [9.17, 15) is 9.90 Å². The van der Waals surface area contributed by atoms with Crippen LogP contribution in [-0.2, 0) is 4.79 Å². The highest BCUT2D eigenvalue weighted by atomic mass is 16.3. The molecule has 0 spiro atoms. The highest BCUT2D eigenvalue weighted by molar-refractivity contribution is 5.82. The summed E-state index contributed by atoms with van der Waals surface area (Å²) in [6.45, 7) is 10.9. The summed E-state index contributed by atoms with van der Waals surface area (Å²) in [5.41, 5.74) is -0.148. The molecule has 3 atom stereocenters. The predicted octanol–water partition coefficient (Wildman–Crippen LogP) is 1.91. The smallest absolute Gasteiger partial charge is 0.237 e. The number of hydrogen-bond acceptors (Lipinski definition) is 3. The number of aliphatic hydroxyl groups is 1. The number of nitrogens with one attached hydrogen (secondary N) is 1. The minimum atomic E-state index is -0.298. The Morgan fingerprint density at radius 1 is 1.47 bits per heavy atom. The number of carbonyl (C=O) groups excluding carboxylic acids is 1. The van der Waals surface area contributed by atoms with E-state index in [0.717, 1.165) is 32.2 Å². The standard InChI is InChI=1S/C15H30N2O2/c1-6-15(4,5)16-14(19)12(3)17-9-7-8-13(17)10-11(2)18/h11-13,18H,6-10H2,1-5H3,(H,16,19). The van der Waals surface area contributed by atoms with Crippen LogP contribution in [0, 0.1) is 0 Å². The van der Waals surface area contributed by atoms with Crippen molar-refractivity contribution in [2.75, 3.05) is 6.54 Å². The van der Waals surface area contributed by atoms with Gasteiger partial charge in [0.05, 0.1) is 12.1 Å². The van der Waals surface area contributed by atoms with Crippen LogP contribution in [0.3, 0.4) is 0 Å². The Morgan fingerprint density at radius 2 is 2.11 bits per heavy atom. The van der Waals surface area contributed by atoms with Crippen LogP contribution < -0.4 is 5.32 Å². The van der Waals surface area contributed by atoms with Gasteiger partial charge < -0.3 is 10.4 Å².